The molecule has 1 aromatic carbocycles. The van der Waals surface area contributed by atoms with Gasteiger partial charge in [0, 0.05) is 22.1 Å². The maximum absolute atomic E-state index is 12.9. The largest absolute Gasteiger partial charge is 0.339 e. The van der Waals surface area contributed by atoms with Gasteiger partial charge in [0.2, 0.25) is 5.91 Å². The highest BCUT2D eigenvalue weighted by atomic mass is 79.9. The normalized spacial score (nSPS) is 17.0. The summed E-state index contributed by atoms with van der Waals surface area (Å²) in [7, 11) is 0. The van der Waals surface area contributed by atoms with Gasteiger partial charge in [0.25, 0.3) is 5.91 Å². The van der Waals surface area contributed by atoms with Gasteiger partial charge in [-0.3, -0.25) is 9.59 Å². The SMILES string of the molecule is O=C(NC1CCCN(c2ccc(Br)cc2)C1=O)c1csc(-c2ccc(Cl)s2)n1. The van der Waals surface area contributed by atoms with Crippen LogP contribution in [0.15, 0.2) is 46.3 Å². The van der Waals surface area contributed by atoms with Crippen molar-refractivity contribution >= 4 is 67.7 Å². The minimum Gasteiger partial charge on any atom is -0.339 e. The van der Waals surface area contributed by atoms with Crippen LogP contribution in [0.25, 0.3) is 9.88 Å². The predicted molar refractivity (Wildman–Crippen MR) is 117 cm³/mol. The highest BCUT2D eigenvalue weighted by molar-refractivity contribution is 9.10. The van der Waals surface area contributed by atoms with E-state index in [-0.39, 0.29) is 11.8 Å². The van der Waals surface area contributed by atoms with Crippen molar-refractivity contribution in [3.8, 4) is 9.88 Å². The lowest BCUT2D eigenvalue weighted by atomic mass is 10.0. The number of hydrogen-bond donors (Lipinski definition) is 1. The van der Waals surface area contributed by atoms with Gasteiger partial charge in [-0.05, 0) is 49.2 Å². The van der Waals surface area contributed by atoms with E-state index in [1.165, 1.54) is 22.7 Å². The van der Waals surface area contributed by atoms with Crippen LogP contribution in [-0.4, -0.2) is 29.4 Å². The zero-order valence-electron chi connectivity index (χ0n) is 14.5. The topological polar surface area (TPSA) is 62.3 Å². The lowest BCUT2D eigenvalue weighted by Gasteiger charge is -2.32. The van der Waals surface area contributed by atoms with Crippen LogP contribution in [0.2, 0.25) is 4.34 Å². The monoisotopic (exact) mass is 495 g/mol. The lowest BCUT2D eigenvalue weighted by molar-refractivity contribution is -0.121. The highest BCUT2D eigenvalue weighted by Crippen LogP contribution is 2.33. The van der Waals surface area contributed by atoms with Crippen LogP contribution < -0.4 is 10.2 Å². The number of halogens is 2. The summed E-state index contributed by atoms with van der Waals surface area (Å²) >= 11 is 12.2. The minimum atomic E-state index is -0.550. The maximum atomic E-state index is 12.9. The molecular formula is C19H15BrClN3O2S2. The smallest absolute Gasteiger partial charge is 0.271 e. The van der Waals surface area contributed by atoms with Crippen LogP contribution in [0.3, 0.4) is 0 Å². The van der Waals surface area contributed by atoms with E-state index in [1.807, 2.05) is 30.3 Å². The molecule has 1 atom stereocenters. The van der Waals surface area contributed by atoms with Gasteiger partial charge >= 0.3 is 0 Å². The van der Waals surface area contributed by atoms with Gasteiger partial charge in [0.05, 0.1) is 9.21 Å². The summed E-state index contributed by atoms with van der Waals surface area (Å²) in [4.78, 5) is 32.5. The van der Waals surface area contributed by atoms with Crippen molar-refractivity contribution in [2.45, 2.75) is 18.9 Å². The van der Waals surface area contributed by atoms with Crippen molar-refractivity contribution in [1.82, 2.24) is 10.3 Å². The molecule has 0 saturated carbocycles. The molecule has 1 N–H and O–H groups in total. The number of aromatic nitrogens is 1. The number of amides is 2. The van der Waals surface area contributed by atoms with E-state index in [9.17, 15) is 9.59 Å². The molecule has 1 aliphatic heterocycles. The van der Waals surface area contributed by atoms with Crippen molar-refractivity contribution in [3.05, 3.63) is 56.3 Å². The molecule has 9 heteroatoms. The first-order chi connectivity index (χ1) is 13.5. The number of carbonyl (C=O) groups is 2. The maximum Gasteiger partial charge on any atom is 0.271 e. The summed E-state index contributed by atoms with van der Waals surface area (Å²) in [5.74, 6) is -0.427. The number of piperidine rings is 1. The van der Waals surface area contributed by atoms with Crippen LogP contribution in [-0.2, 0) is 4.79 Å². The molecule has 0 bridgehead atoms. The molecule has 4 rings (SSSR count). The summed E-state index contributed by atoms with van der Waals surface area (Å²) in [6.45, 7) is 0.646. The van der Waals surface area contributed by atoms with Gasteiger partial charge < -0.3 is 10.2 Å². The fraction of sp³-hybridized carbons (Fsp3) is 0.211. The average molecular weight is 497 g/mol. The molecule has 1 aliphatic rings. The van der Waals surface area contributed by atoms with E-state index in [2.05, 4.69) is 26.2 Å². The summed E-state index contributed by atoms with van der Waals surface area (Å²) < 4.78 is 1.63. The van der Waals surface area contributed by atoms with Gasteiger partial charge in [0.15, 0.2) is 0 Å². The Labute approximate surface area is 183 Å². The van der Waals surface area contributed by atoms with Crippen molar-refractivity contribution in [2.75, 3.05) is 11.4 Å². The van der Waals surface area contributed by atoms with E-state index in [0.29, 0.717) is 23.0 Å². The lowest BCUT2D eigenvalue weighted by Crippen LogP contribution is -2.52. The van der Waals surface area contributed by atoms with Crippen LogP contribution >= 0.6 is 50.2 Å². The molecule has 2 amide bonds. The summed E-state index contributed by atoms with van der Waals surface area (Å²) in [6.07, 6.45) is 1.44. The number of carbonyl (C=O) groups excluding carboxylic acids is 2. The van der Waals surface area contributed by atoms with Crippen molar-refractivity contribution in [3.63, 3.8) is 0 Å². The predicted octanol–water partition coefficient (Wildman–Crippen LogP) is 5.21. The molecule has 5 nitrogen and oxygen atoms in total. The number of thiophene rings is 1. The molecule has 3 aromatic rings. The van der Waals surface area contributed by atoms with Crippen molar-refractivity contribution in [2.24, 2.45) is 0 Å². The molecule has 1 fully saturated rings. The van der Waals surface area contributed by atoms with Crippen molar-refractivity contribution in [1.29, 1.82) is 0 Å². The summed E-state index contributed by atoms with van der Waals surface area (Å²) in [5.41, 5.74) is 1.15. The number of rotatable bonds is 4. The Kier molecular flexibility index (Phi) is 5.82. The number of anilines is 1. The molecular weight excluding hydrogens is 482 g/mol. The third-order valence-electron chi connectivity index (χ3n) is 4.40. The second kappa shape index (κ2) is 8.32. The molecule has 28 heavy (non-hydrogen) atoms. The number of thiazole rings is 1. The zero-order chi connectivity index (χ0) is 19.7. The molecule has 1 saturated heterocycles. The average Bonchev–Trinajstić information content (AvgIpc) is 3.33. The summed E-state index contributed by atoms with van der Waals surface area (Å²) in [5, 5.41) is 5.30. The Balaban J connectivity index is 1.46. The number of nitrogens with one attached hydrogen (secondary N) is 1. The zero-order valence-corrected chi connectivity index (χ0v) is 18.5. The Morgan fingerprint density at radius 2 is 2.04 bits per heavy atom. The van der Waals surface area contributed by atoms with Gasteiger partial charge in [-0.2, -0.15) is 0 Å². The molecule has 0 radical (unpaired) electrons. The molecule has 3 heterocycles. The van der Waals surface area contributed by atoms with Crippen LogP contribution in [0.4, 0.5) is 5.69 Å². The number of benzene rings is 1. The van der Waals surface area contributed by atoms with Crippen LogP contribution in [0.1, 0.15) is 23.3 Å². The Morgan fingerprint density at radius 1 is 1.25 bits per heavy atom. The molecule has 0 spiro atoms. The fourth-order valence-electron chi connectivity index (χ4n) is 3.04. The number of hydrogen-bond acceptors (Lipinski definition) is 5. The first kappa shape index (κ1) is 19.6. The van der Waals surface area contributed by atoms with E-state index >= 15 is 0 Å². The Bertz CT molecular complexity index is 1020. The second-order valence-corrected chi connectivity index (χ2v) is 9.77. The molecule has 1 unspecified atom stereocenters. The van der Waals surface area contributed by atoms with Gasteiger partial charge in [-0.1, -0.05) is 27.5 Å². The number of nitrogens with zero attached hydrogens (tertiary/aromatic N) is 2. The second-order valence-electron chi connectivity index (χ2n) is 6.28. The van der Waals surface area contributed by atoms with Gasteiger partial charge in [0.1, 0.15) is 16.7 Å². The molecule has 0 aliphatic carbocycles. The minimum absolute atomic E-state index is 0.0950. The van der Waals surface area contributed by atoms with E-state index in [1.54, 1.807) is 16.3 Å². The van der Waals surface area contributed by atoms with Gasteiger partial charge in [-0.25, -0.2) is 4.98 Å². The standard InChI is InChI=1S/C19H15BrClN3O2S2/c20-11-3-5-12(6-4-11)24-9-1-2-13(19(24)26)22-17(25)14-10-27-18(23-14)15-7-8-16(21)28-15/h3-8,10,13H,1-2,9H2,(H,22,25). The van der Waals surface area contributed by atoms with E-state index < -0.39 is 6.04 Å². The van der Waals surface area contributed by atoms with Crippen molar-refractivity contribution < 1.29 is 9.59 Å². The molecule has 2 aromatic heterocycles. The Morgan fingerprint density at radius 3 is 2.75 bits per heavy atom. The first-order valence-corrected chi connectivity index (χ1v) is 11.5. The molecule has 144 valence electrons. The van der Waals surface area contributed by atoms with Gasteiger partial charge in [-0.15, -0.1) is 22.7 Å². The fourth-order valence-corrected chi connectivity index (χ4v) is 5.22. The van der Waals surface area contributed by atoms with Crippen LogP contribution in [0, 0.1) is 0 Å². The Hall–Kier alpha value is -1.74. The third kappa shape index (κ3) is 4.15. The van der Waals surface area contributed by atoms with E-state index in [0.717, 1.165) is 26.5 Å². The quantitative estimate of drug-likeness (QED) is 0.539. The van der Waals surface area contributed by atoms with Crippen LogP contribution in [0.5, 0.6) is 0 Å². The first-order valence-electron chi connectivity index (χ1n) is 8.60. The van der Waals surface area contributed by atoms with E-state index in [4.69, 9.17) is 11.6 Å². The third-order valence-corrected chi connectivity index (χ3v) is 7.17. The summed E-state index contributed by atoms with van der Waals surface area (Å²) in [6, 6.07) is 10.7. The highest BCUT2D eigenvalue weighted by Gasteiger charge is 2.31.